The Hall–Kier alpha value is -3.08. The van der Waals surface area contributed by atoms with E-state index in [1.54, 1.807) is 36.4 Å². The SMILES string of the molecule is CCOC(Cn1nnc(C(=O)c2ccc(C)cc2)c1NS(=O)(=O)c1ccc(C)cc1)OCC. The number of aromatic nitrogens is 3. The van der Waals surface area contributed by atoms with E-state index >= 15 is 0 Å². The minimum Gasteiger partial charge on any atom is -0.351 e. The predicted octanol–water partition coefficient (Wildman–Crippen LogP) is 3.33. The summed E-state index contributed by atoms with van der Waals surface area (Å²) >= 11 is 0. The maximum absolute atomic E-state index is 13.2. The first-order valence-corrected chi connectivity index (χ1v) is 12.1. The lowest BCUT2D eigenvalue weighted by molar-refractivity contribution is -0.144. The molecule has 1 N–H and O–H groups in total. The van der Waals surface area contributed by atoms with E-state index in [2.05, 4.69) is 15.0 Å². The van der Waals surface area contributed by atoms with Crippen LogP contribution in [0.5, 0.6) is 0 Å². The molecule has 0 aliphatic rings. The minimum absolute atomic E-state index is 0.0433. The van der Waals surface area contributed by atoms with Gasteiger partial charge in [-0.05, 0) is 39.8 Å². The highest BCUT2D eigenvalue weighted by molar-refractivity contribution is 7.92. The summed E-state index contributed by atoms with van der Waals surface area (Å²) in [6, 6.07) is 13.3. The molecule has 33 heavy (non-hydrogen) atoms. The molecule has 0 atom stereocenters. The topological polar surface area (TPSA) is 112 Å². The number of benzene rings is 2. The molecule has 2 aromatic carbocycles. The molecule has 3 aromatic rings. The van der Waals surface area contributed by atoms with E-state index in [4.69, 9.17) is 9.47 Å². The van der Waals surface area contributed by atoms with Gasteiger partial charge in [0.2, 0.25) is 5.78 Å². The van der Waals surface area contributed by atoms with Crippen molar-refractivity contribution in [1.29, 1.82) is 0 Å². The largest absolute Gasteiger partial charge is 0.351 e. The summed E-state index contributed by atoms with van der Waals surface area (Å²) in [5.74, 6) is -0.502. The van der Waals surface area contributed by atoms with Crippen molar-refractivity contribution in [2.75, 3.05) is 17.9 Å². The van der Waals surface area contributed by atoms with Gasteiger partial charge in [-0.2, -0.15) is 0 Å². The van der Waals surface area contributed by atoms with Crippen LogP contribution in [0.15, 0.2) is 53.4 Å². The Kier molecular flexibility index (Phi) is 7.96. The zero-order valence-corrected chi connectivity index (χ0v) is 19.9. The van der Waals surface area contributed by atoms with Crippen molar-refractivity contribution in [3.05, 3.63) is 70.9 Å². The van der Waals surface area contributed by atoms with E-state index in [-0.39, 0.29) is 23.0 Å². The number of hydrogen-bond donors (Lipinski definition) is 1. The Balaban J connectivity index is 2.03. The van der Waals surface area contributed by atoms with Crippen LogP contribution < -0.4 is 4.72 Å². The summed E-state index contributed by atoms with van der Waals surface area (Å²) in [6.07, 6.45) is -0.688. The molecule has 0 aliphatic carbocycles. The number of hydrogen-bond acceptors (Lipinski definition) is 7. The lowest BCUT2D eigenvalue weighted by Gasteiger charge is -2.18. The van der Waals surface area contributed by atoms with Crippen LogP contribution in [0.25, 0.3) is 0 Å². The number of aryl methyl sites for hydroxylation is 2. The Morgan fingerprint density at radius 2 is 1.52 bits per heavy atom. The first-order chi connectivity index (χ1) is 15.7. The third-order valence-corrected chi connectivity index (χ3v) is 6.21. The third-order valence-electron chi connectivity index (χ3n) is 4.85. The third kappa shape index (κ3) is 6.04. The molecule has 0 amide bonds. The van der Waals surface area contributed by atoms with Crippen LogP contribution in [0.2, 0.25) is 0 Å². The molecule has 0 bridgehead atoms. The maximum Gasteiger partial charge on any atom is 0.263 e. The van der Waals surface area contributed by atoms with Crippen molar-refractivity contribution < 1.29 is 22.7 Å². The van der Waals surface area contributed by atoms with Crippen molar-refractivity contribution >= 4 is 21.6 Å². The number of ketones is 1. The number of ether oxygens (including phenoxy) is 2. The van der Waals surface area contributed by atoms with Gasteiger partial charge in [-0.15, -0.1) is 5.10 Å². The van der Waals surface area contributed by atoms with E-state index in [9.17, 15) is 13.2 Å². The normalized spacial score (nSPS) is 11.7. The van der Waals surface area contributed by atoms with Gasteiger partial charge in [-0.3, -0.25) is 9.52 Å². The van der Waals surface area contributed by atoms with Crippen LogP contribution in [0.1, 0.15) is 41.0 Å². The van der Waals surface area contributed by atoms with E-state index in [0.717, 1.165) is 11.1 Å². The van der Waals surface area contributed by atoms with E-state index in [1.165, 1.54) is 16.8 Å². The average molecular weight is 473 g/mol. The summed E-state index contributed by atoms with van der Waals surface area (Å²) in [7, 11) is -4.01. The molecule has 1 aromatic heterocycles. The highest BCUT2D eigenvalue weighted by Gasteiger charge is 2.27. The lowest BCUT2D eigenvalue weighted by Crippen LogP contribution is -2.26. The van der Waals surface area contributed by atoms with E-state index < -0.39 is 22.1 Å². The maximum atomic E-state index is 13.2. The van der Waals surface area contributed by atoms with E-state index in [1.807, 2.05) is 27.7 Å². The second-order valence-electron chi connectivity index (χ2n) is 7.42. The van der Waals surface area contributed by atoms with Crippen LogP contribution in [0.3, 0.4) is 0 Å². The van der Waals surface area contributed by atoms with Gasteiger partial charge in [0.25, 0.3) is 10.0 Å². The molecule has 9 nitrogen and oxygen atoms in total. The number of carbonyl (C=O) groups excluding carboxylic acids is 1. The summed E-state index contributed by atoms with van der Waals surface area (Å²) in [4.78, 5) is 13.2. The van der Waals surface area contributed by atoms with Crippen LogP contribution >= 0.6 is 0 Å². The molecule has 0 unspecified atom stereocenters. The first-order valence-electron chi connectivity index (χ1n) is 10.6. The first kappa shape index (κ1) is 24.6. The molecule has 3 rings (SSSR count). The van der Waals surface area contributed by atoms with Crippen LogP contribution in [-0.2, 0) is 26.0 Å². The van der Waals surface area contributed by atoms with Gasteiger partial charge in [0, 0.05) is 18.8 Å². The number of nitrogens with one attached hydrogen (secondary N) is 1. The molecule has 176 valence electrons. The van der Waals surface area contributed by atoms with Gasteiger partial charge >= 0.3 is 0 Å². The second-order valence-corrected chi connectivity index (χ2v) is 9.11. The minimum atomic E-state index is -4.01. The zero-order valence-electron chi connectivity index (χ0n) is 19.1. The van der Waals surface area contributed by atoms with Gasteiger partial charge in [-0.1, -0.05) is 52.7 Å². The van der Waals surface area contributed by atoms with E-state index in [0.29, 0.717) is 18.8 Å². The molecular formula is C23H28N4O5S. The second kappa shape index (κ2) is 10.7. The highest BCUT2D eigenvalue weighted by atomic mass is 32.2. The molecule has 0 aliphatic heterocycles. The fourth-order valence-corrected chi connectivity index (χ4v) is 4.18. The molecular weight excluding hydrogens is 444 g/mol. The summed E-state index contributed by atoms with van der Waals surface area (Å²) in [5.41, 5.74) is 2.18. The molecule has 0 saturated carbocycles. The van der Waals surface area contributed by atoms with Crippen LogP contribution in [-0.4, -0.2) is 48.7 Å². The van der Waals surface area contributed by atoms with Crippen molar-refractivity contribution in [2.45, 2.75) is 45.4 Å². The standard InChI is InChI=1S/C23H28N4O5S/c1-5-31-20(32-6-2)15-27-23(25-33(29,30)19-13-9-17(4)10-14-19)21(24-26-27)22(28)18-11-7-16(3)8-12-18/h7-14,20,25H,5-6,15H2,1-4H3. The van der Waals surface area contributed by atoms with Crippen molar-refractivity contribution in [3.63, 3.8) is 0 Å². The van der Waals surface area contributed by atoms with Crippen molar-refractivity contribution in [2.24, 2.45) is 0 Å². The average Bonchev–Trinajstić information content (AvgIpc) is 3.16. The predicted molar refractivity (Wildman–Crippen MR) is 124 cm³/mol. The number of sulfonamides is 1. The Bertz CT molecular complexity index is 1180. The van der Waals surface area contributed by atoms with Gasteiger partial charge < -0.3 is 9.47 Å². The van der Waals surface area contributed by atoms with Crippen molar-refractivity contribution in [1.82, 2.24) is 15.0 Å². The molecule has 1 heterocycles. The number of anilines is 1. The van der Waals surface area contributed by atoms with Crippen molar-refractivity contribution in [3.8, 4) is 0 Å². The highest BCUT2D eigenvalue weighted by Crippen LogP contribution is 2.23. The lowest BCUT2D eigenvalue weighted by atomic mass is 10.1. The fraction of sp³-hybridized carbons (Fsp3) is 0.348. The Labute approximate surface area is 193 Å². The Morgan fingerprint density at radius 1 is 0.970 bits per heavy atom. The number of nitrogens with zero attached hydrogens (tertiary/aromatic N) is 3. The quantitative estimate of drug-likeness (QED) is 0.336. The fourth-order valence-electron chi connectivity index (χ4n) is 3.11. The molecule has 0 radical (unpaired) electrons. The van der Waals surface area contributed by atoms with Crippen LogP contribution in [0, 0.1) is 13.8 Å². The van der Waals surface area contributed by atoms with Gasteiger partial charge in [-0.25, -0.2) is 13.1 Å². The molecule has 10 heteroatoms. The monoisotopic (exact) mass is 472 g/mol. The Morgan fingerprint density at radius 3 is 2.06 bits per heavy atom. The molecule has 0 spiro atoms. The zero-order chi connectivity index (χ0) is 24.0. The summed E-state index contributed by atoms with van der Waals surface area (Å²) in [5, 5.41) is 8.04. The molecule has 0 fully saturated rings. The number of carbonyl (C=O) groups is 1. The number of rotatable bonds is 11. The van der Waals surface area contributed by atoms with Crippen LogP contribution in [0.4, 0.5) is 5.82 Å². The van der Waals surface area contributed by atoms with Gasteiger partial charge in [0.15, 0.2) is 17.8 Å². The van der Waals surface area contributed by atoms with Gasteiger partial charge in [0.05, 0.1) is 11.4 Å². The summed E-state index contributed by atoms with van der Waals surface area (Å²) < 4.78 is 41.1. The van der Waals surface area contributed by atoms with Gasteiger partial charge in [0.1, 0.15) is 0 Å². The summed E-state index contributed by atoms with van der Waals surface area (Å²) in [6.45, 7) is 8.23. The smallest absolute Gasteiger partial charge is 0.263 e. The molecule has 0 saturated heterocycles.